The summed E-state index contributed by atoms with van der Waals surface area (Å²) in [5.74, 6) is 1.51. The van der Waals surface area contributed by atoms with Crippen molar-refractivity contribution in [2.75, 3.05) is 13.1 Å². The molecule has 2 aliphatic heterocycles. The Bertz CT molecular complexity index is 1750. The highest BCUT2D eigenvalue weighted by molar-refractivity contribution is 8.13. The molecule has 1 saturated carbocycles. The molecule has 2 fully saturated rings. The monoisotopic (exact) mass is 643 g/mol. The molecule has 0 unspecified atom stereocenters. The molecule has 3 aliphatic carbocycles. The van der Waals surface area contributed by atoms with Gasteiger partial charge < -0.3 is 36.9 Å². The van der Waals surface area contributed by atoms with Crippen molar-refractivity contribution >= 4 is 27.7 Å². The number of rotatable bonds is 5. The third kappa shape index (κ3) is 3.62. The predicted molar refractivity (Wildman–Crippen MR) is 159 cm³/mol. The summed E-state index contributed by atoms with van der Waals surface area (Å²) >= 11 is 1.61. The summed E-state index contributed by atoms with van der Waals surface area (Å²) in [6, 6.07) is 20.6. The molecular formula is C34H34BrN3O3S. The maximum Gasteiger partial charge on any atom is 0.216 e. The molecule has 5 N–H and O–H groups in total. The smallest absolute Gasteiger partial charge is 0.216 e. The van der Waals surface area contributed by atoms with Crippen molar-refractivity contribution < 1.29 is 37.3 Å². The highest BCUT2D eigenvalue weighted by atomic mass is 79.9. The number of aromatic amines is 1. The van der Waals surface area contributed by atoms with Crippen molar-refractivity contribution in [1.82, 2.24) is 9.88 Å². The summed E-state index contributed by atoms with van der Waals surface area (Å²) < 4.78 is 6.73. The zero-order chi connectivity index (χ0) is 27.5. The maximum atomic E-state index is 13.1. The van der Waals surface area contributed by atoms with E-state index in [0.717, 1.165) is 75.1 Å². The lowest BCUT2D eigenvalue weighted by molar-refractivity contribution is -0.173. The Morgan fingerprint density at radius 1 is 1.12 bits per heavy atom. The molecule has 8 heteroatoms. The molecule has 9 rings (SSSR count). The van der Waals surface area contributed by atoms with E-state index in [0.29, 0.717) is 18.6 Å². The summed E-state index contributed by atoms with van der Waals surface area (Å²) in [6.07, 6.45) is 5.09. The zero-order valence-corrected chi connectivity index (χ0v) is 25.7. The highest BCUT2D eigenvalue weighted by Gasteiger charge is 2.72. The van der Waals surface area contributed by atoms with Crippen molar-refractivity contribution in [2.45, 2.75) is 66.6 Å². The average molecular weight is 645 g/mol. The predicted octanol–water partition coefficient (Wildman–Crippen LogP) is 1.07. The fourth-order valence-corrected chi connectivity index (χ4v) is 9.49. The van der Waals surface area contributed by atoms with Crippen LogP contribution >= 0.6 is 11.8 Å². The molecule has 6 nitrogen and oxygen atoms in total. The first-order valence-electron chi connectivity index (χ1n) is 14.9. The lowest BCUT2D eigenvalue weighted by atomic mass is 9.49. The van der Waals surface area contributed by atoms with Gasteiger partial charge in [0.15, 0.2) is 17.6 Å². The first-order chi connectivity index (χ1) is 19.9. The second-order valence-corrected chi connectivity index (χ2v) is 14.1. The normalized spacial score (nSPS) is 28.5. The van der Waals surface area contributed by atoms with Gasteiger partial charge in [0.05, 0.1) is 23.1 Å². The summed E-state index contributed by atoms with van der Waals surface area (Å²) in [6.45, 7) is 2.01. The summed E-state index contributed by atoms with van der Waals surface area (Å²) in [5, 5.41) is 32.5. The number of phenolic OH excluding ortho intramolecular Hbond substituents is 1. The van der Waals surface area contributed by atoms with E-state index >= 15 is 0 Å². The van der Waals surface area contributed by atoms with Gasteiger partial charge in [-0.15, -0.1) is 0 Å². The molecule has 3 heterocycles. The van der Waals surface area contributed by atoms with E-state index in [2.05, 4.69) is 46.3 Å². The largest absolute Gasteiger partial charge is 1.00 e. The molecule has 5 aliphatic rings. The topological polar surface area (TPSA) is 94.3 Å². The third-order valence-corrected chi connectivity index (χ3v) is 11.5. The lowest BCUT2D eigenvalue weighted by Gasteiger charge is -2.62. The minimum Gasteiger partial charge on any atom is -1.00 e. The van der Waals surface area contributed by atoms with Gasteiger partial charge in [-0.05, 0) is 96.9 Å². The van der Waals surface area contributed by atoms with Crippen molar-refractivity contribution in [3.8, 4) is 11.5 Å². The number of nitrogens with one attached hydrogen (secondary N) is 1. The van der Waals surface area contributed by atoms with Crippen molar-refractivity contribution in [1.29, 1.82) is 0 Å². The van der Waals surface area contributed by atoms with Gasteiger partial charge in [-0.2, -0.15) is 0 Å². The molecule has 216 valence electrons. The summed E-state index contributed by atoms with van der Waals surface area (Å²) in [5.41, 5.74) is 5.13. The second kappa shape index (κ2) is 9.36. The number of aromatic nitrogens is 1. The number of H-pyrrole nitrogens is 1. The number of piperidine rings is 1. The van der Waals surface area contributed by atoms with Crippen LogP contribution in [0.1, 0.15) is 53.3 Å². The number of hydrogen-bond donors (Lipinski definition) is 4. The number of ether oxygens (including phenoxy) is 1. The van der Waals surface area contributed by atoms with Gasteiger partial charge in [0.1, 0.15) is 0 Å². The number of benzene rings is 3. The number of hydrogen-bond acceptors (Lipinski definition) is 5. The molecule has 42 heavy (non-hydrogen) atoms. The maximum absolute atomic E-state index is 13.1. The Kier molecular flexibility index (Phi) is 5.98. The van der Waals surface area contributed by atoms with E-state index < -0.39 is 11.0 Å². The Morgan fingerprint density at radius 3 is 2.76 bits per heavy atom. The number of halogens is 1. The fourth-order valence-electron chi connectivity index (χ4n) is 8.66. The van der Waals surface area contributed by atoms with E-state index in [1.54, 1.807) is 17.8 Å². The van der Waals surface area contributed by atoms with Crippen LogP contribution in [0.25, 0.3) is 10.9 Å². The van der Waals surface area contributed by atoms with Gasteiger partial charge in [0, 0.05) is 40.4 Å². The SMILES string of the molecule is [Br-].[NH2+]=C(Cc1ccc2[nH]c3c(c2c1)C[C@@]1(O)[C@H]2Cc4ccc(O)c5c4[C@@]1(CCN2CC1CC1)[C@H]3O5)Sc1ccccc1. The van der Waals surface area contributed by atoms with E-state index in [4.69, 9.17) is 10.1 Å². The van der Waals surface area contributed by atoms with E-state index in [9.17, 15) is 10.2 Å². The second-order valence-electron chi connectivity index (χ2n) is 12.9. The van der Waals surface area contributed by atoms with Crippen LogP contribution in [0.5, 0.6) is 11.5 Å². The van der Waals surface area contributed by atoms with Gasteiger partial charge in [-0.25, -0.2) is 0 Å². The van der Waals surface area contributed by atoms with Crippen LogP contribution in [-0.2, 0) is 24.7 Å². The number of fused-ring (bicyclic) bond motifs is 4. The fraction of sp³-hybridized carbons (Fsp3) is 0.382. The molecule has 3 aromatic carbocycles. The number of aliphatic hydroxyl groups is 1. The molecular weight excluding hydrogens is 610 g/mol. The number of nitrogens with two attached hydrogens (primary N) is 1. The summed E-state index contributed by atoms with van der Waals surface area (Å²) in [7, 11) is 0. The lowest BCUT2D eigenvalue weighted by Crippen LogP contribution is -3.00. The van der Waals surface area contributed by atoms with Crippen LogP contribution in [0.4, 0.5) is 0 Å². The first kappa shape index (κ1) is 26.8. The molecule has 0 radical (unpaired) electrons. The Hall–Kier alpha value is -2.78. The van der Waals surface area contributed by atoms with Crippen molar-refractivity contribution in [2.24, 2.45) is 5.92 Å². The number of aromatic hydroxyl groups is 1. The molecule has 1 spiro atoms. The van der Waals surface area contributed by atoms with Crippen LogP contribution in [0.3, 0.4) is 0 Å². The first-order valence-corrected chi connectivity index (χ1v) is 15.7. The molecule has 2 bridgehead atoms. The average Bonchev–Trinajstić information content (AvgIpc) is 3.61. The van der Waals surface area contributed by atoms with Gasteiger partial charge in [-0.3, -0.25) is 10.3 Å². The number of phenols is 1. The molecule has 4 atom stereocenters. The minimum atomic E-state index is -0.983. The molecule has 4 aromatic rings. The van der Waals surface area contributed by atoms with Crippen molar-refractivity contribution in [3.05, 3.63) is 88.6 Å². The highest BCUT2D eigenvalue weighted by Crippen LogP contribution is 2.69. The van der Waals surface area contributed by atoms with Crippen LogP contribution in [0, 0.1) is 5.92 Å². The zero-order valence-electron chi connectivity index (χ0n) is 23.3. The number of thioether (sulfide) groups is 1. The van der Waals surface area contributed by atoms with Gasteiger partial charge in [-0.1, -0.05) is 30.3 Å². The Balaban J connectivity index is 0.00000267. The standard InChI is InChI=1S/C34H33N3O3S.BrH/c35-28(41-22-4-2-1-3-5-22)15-20-8-10-25-23(14-20)24-17-34(39)27-16-21-9-11-26(38)31-29(21)33(34,32(40-31)30(24)36-25)12-13-37(27)18-19-6-7-19;/h1-5,8-11,14,19,27,32,35-36,38-39H,6-7,12-13,15-18H2;1H/t27-,32+,33+,34-;/m1./s1. The van der Waals surface area contributed by atoms with Crippen LogP contribution in [0.2, 0.25) is 0 Å². The third-order valence-electron chi connectivity index (χ3n) is 10.6. The van der Waals surface area contributed by atoms with Crippen LogP contribution in [-0.4, -0.2) is 49.9 Å². The minimum absolute atomic E-state index is 0. The van der Waals surface area contributed by atoms with E-state index in [-0.39, 0.29) is 34.9 Å². The molecule has 1 aromatic heterocycles. The van der Waals surface area contributed by atoms with E-state index in [1.807, 2.05) is 18.2 Å². The van der Waals surface area contributed by atoms with Crippen LogP contribution in [0.15, 0.2) is 65.6 Å². The molecule has 0 amide bonds. The van der Waals surface area contributed by atoms with E-state index in [1.165, 1.54) is 18.4 Å². The number of nitrogens with zero attached hydrogens (tertiary/aromatic N) is 1. The van der Waals surface area contributed by atoms with Crippen molar-refractivity contribution in [3.63, 3.8) is 0 Å². The Morgan fingerprint density at radius 2 is 1.95 bits per heavy atom. The number of likely N-dealkylation sites (tertiary alicyclic amines) is 1. The van der Waals surface area contributed by atoms with Gasteiger partial charge in [0.25, 0.3) is 0 Å². The van der Waals surface area contributed by atoms with Crippen LogP contribution < -0.4 is 27.1 Å². The van der Waals surface area contributed by atoms with Gasteiger partial charge >= 0.3 is 0 Å². The Labute approximate surface area is 259 Å². The van der Waals surface area contributed by atoms with Gasteiger partial charge in [0.2, 0.25) is 5.04 Å². The molecule has 1 saturated heterocycles. The summed E-state index contributed by atoms with van der Waals surface area (Å²) in [4.78, 5) is 7.44. The quantitative estimate of drug-likeness (QED) is 0.148.